The van der Waals surface area contributed by atoms with Gasteiger partial charge >= 0.3 is 0 Å². The van der Waals surface area contributed by atoms with Gasteiger partial charge in [0.2, 0.25) is 0 Å². The first kappa shape index (κ1) is 17.8. The van der Waals surface area contributed by atoms with Crippen LogP contribution in [0.2, 0.25) is 5.02 Å². The van der Waals surface area contributed by atoms with Gasteiger partial charge in [0.1, 0.15) is 12.9 Å². The molecule has 1 amide bonds. The van der Waals surface area contributed by atoms with Crippen LogP contribution >= 0.6 is 11.6 Å². The molecule has 0 aromatic heterocycles. The average molecular weight is 347 g/mol. The van der Waals surface area contributed by atoms with Gasteiger partial charge in [-0.15, -0.1) is 0 Å². The van der Waals surface area contributed by atoms with Crippen molar-refractivity contribution < 1.29 is 14.4 Å². The number of hydrogen-bond acceptors (Lipinski definition) is 4. The maximum absolute atomic E-state index is 12.6. The normalized spacial score (nSPS) is 10.7. The van der Waals surface area contributed by atoms with Gasteiger partial charge in [-0.05, 0) is 35.9 Å². The van der Waals surface area contributed by atoms with Gasteiger partial charge in [-0.2, -0.15) is 0 Å². The number of carbonyl (C=O) groups excluding carboxylic acids is 1. The Morgan fingerprint density at radius 2 is 1.92 bits per heavy atom. The summed E-state index contributed by atoms with van der Waals surface area (Å²) in [4.78, 5) is 18.8. The van der Waals surface area contributed by atoms with E-state index >= 15 is 0 Å². The van der Waals surface area contributed by atoms with Crippen LogP contribution in [0.4, 0.5) is 0 Å². The smallest absolute Gasteiger partial charge is 0.253 e. The van der Waals surface area contributed by atoms with Crippen LogP contribution < -0.4 is 4.74 Å². The average Bonchev–Trinajstić information content (AvgIpc) is 2.60. The SMILES string of the molecule is CO/N=C/c1ccc(C(=O)N(C)Cc2cc(Cl)ccc2OC)cc1. The second kappa shape index (κ2) is 8.36. The molecule has 2 rings (SSSR count). The van der Waals surface area contributed by atoms with Crippen LogP contribution in [0, 0.1) is 0 Å². The van der Waals surface area contributed by atoms with Crippen LogP contribution in [0.5, 0.6) is 5.75 Å². The summed E-state index contributed by atoms with van der Waals surface area (Å²) >= 11 is 6.03. The number of oxime groups is 1. The van der Waals surface area contributed by atoms with Gasteiger partial charge in [0, 0.05) is 29.7 Å². The first-order valence-corrected chi connectivity index (χ1v) is 7.67. The molecule has 2 aromatic carbocycles. The third-order valence-corrected chi connectivity index (χ3v) is 3.70. The molecule has 0 saturated heterocycles. The summed E-state index contributed by atoms with van der Waals surface area (Å²) < 4.78 is 5.32. The van der Waals surface area contributed by atoms with E-state index in [-0.39, 0.29) is 5.91 Å². The number of rotatable bonds is 6. The maximum Gasteiger partial charge on any atom is 0.253 e. The molecule has 0 spiro atoms. The van der Waals surface area contributed by atoms with Gasteiger partial charge in [-0.3, -0.25) is 4.79 Å². The molecule has 0 saturated carbocycles. The zero-order valence-electron chi connectivity index (χ0n) is 13.8. The minimum atomic E-state index is -0.0905. The van der Waals surface area contributed by atoms with E-state index in [1.807, 2.05) is 12.1 Å². The molecule has 0 radical (unpaired) electrons. The Labute approximate surface area is 146 Å². The van der Waals surface area contributed by atoms with E-state index in [1.165, 1.54) is 7.11 Å². The van der Waals surface area contributed by atoms with E-state index in [9.17, 15) is 4.79 Å². The van der Waals surface area contributed by atoms with Gasteiger partial charge in [-0.25, -0.2) is 0 Å². The molecule has 0 aliphatic heterocycles. The molecule has 0 aliphatic rings. The Bertz CT molecular complexity index is 730. The van der Waals surface area contributed by atoms with Gasteiger partial charge in [-0.1, -0.05) is 28.9 Å². The van der Waals surface area contributed by atoms with E-state index < -0.39 is 0 Å². The first-order chi connectivity index (χ1) is 11.5. The molecule has 6 heteroatoms. The quantitative estimate of drug-likeness (QED) is 0.593. The zero-order chi connectivity index (χ0) is 17.5. The summed E-state index contributed by atoms with van der Waals surface area (Å²) in [6, 6.07) is 12.5. The summed E-state index contributed by atoms with van der Waals surface area (Å²) in [5, 5.41) is 4.29. The summed E-state index contributed by atoms with van der Waals surface area (Å²) in [7, 11) is 4.81. The predicted octanol–water partition coefficient (Wildman–Crippen LogP) is 3.60. The molecule has 5 nitrogen and oxygen atoms in total. The number of hydrogen-bond donors (Lipinski definition) is 0. The largest absolute Gasteiger partial charge is 0.496 e. The highest BCUT2D eigenvalue weighted by atomic mass is 35.5. The fourth-order valence-corrected chi connectivity index (χ4v) is 2.44. The Kier molecular flexibility index (Phi) is 6.21. The summed E-state index contributed by atoms with van der Waals surface area (Å²) in [6.07, 6.45) is 1.58. The van der Waals surface area contributed by atoms with E-state index in [0.29, 0.717) is 22.9 Å². The number of nitrogens with zero attached hydrogens (tertiary/aromatic N) is 2. The van der Waals surface area contributed by atoms with Crippen molar-refractivity contribution in [1.29, 1.82) is 0 Å². The minimum absolute atomic E-state index is 0.0905. The Morgan fingerprint density at radius 3 is 2.54 bits per heavy atom. The van der Waals surface area contributed by atoms with Crippen LogP contribution in [0.1, 0.15) is 21.5 Å². The van der Waals surface area contributed by atoms with E-state index in [4.69, 9.17) is 16.3 Å². The Hall–Kier alpha value is -2.53. The highest BCUT2D eigenvalue weighted by Crippen LogP contribution is 2.24. The predicted molar refractivity (Wildman–Crippen MR) is 94.8 cm³/mol. The second-order valence-electron chi connectivity index (χ2n) is 5.16. The minimum Gasteiger partial charge on any atom is -0.496 e. The topological polar surface area (TPSA) is 51.1 Å². The third-order valence-electron chi connectivity index (χ3n) is 3.46. The van der Waals surface area contributed by atoms with Crippen LogP contribution in [-0.2, 0) is 11.4 Å². The number of methoxy groups -OCH3 is 1. The summed E-state index contributed by atoms with van der Waals surface area (Å²) in [6.45, 7) is 0.398. The highest BCUT2D eigenvalue weighted by molar-refractivity contribution is 6.30. The first-order valence-electron chi connectivity index (χ1n) is 7.29. The maximum atomic E-state index is 12.6. The second-order valence-corrected chi connectivity index (χ2v) is 5.59. The number of benzene rings is 2. The summed E-state index contributed by atoms with van der Waals surface area (Å²) in [5.41, 5.74) is 2.30. The fourth-order valence-electron chi connectivity index (χ4n) is 2.24. The highest BCUT2D eigenvalue weighted by Gasteiger charge is 2.14. The monoisotopic (exact) mass is 346 g/mol. The van der Waals surface area contributed by atoms with Gasteiger partial charge in [0.15, 0.2) is 0 Å². The van der Waals surface area contributed by atoms with Crippen molar-refractivity contribution >= 4 is 23.7 Å². The number of halogens is 1. The molecule has 2 aromatic rings. The van der Waals surface area contributed by atoms with Crippen molar-refractivity contribution in [2.24, 2.45) is 5.16 Å². The van der Waals surface area contributed by atoms with Gasteiger partial charge in [0.05, 0.1) is 13.3 Å². The number of carbonyl (C=O) groups is 1. The lowest BCUT2D eigenvalue weighted by atomic mass is 10.1. The molecule has 0 aliphatic carbocycles. The van der Waals surface area contributed by atoms with Gasteiger partial charge in [0.25, 0.3) is 5.91 Å². The molecule has 126 valence electrons. The molecular formula is C18H19ClN2O3. The van der Waals surface area contributed by atoms with E-state index in [0.717, 1.165) is 11.1 Å². The molecule has 24 heavy (non-hydrogen) atoms. The Balaban J connectivity index is 2.12. The van der Waals surface area contributed by atoms with Crippen molar-refractivity contribution in [1.82, 2.24) is 4.90 Å². The third kappa shape index (κ3) is 4.49. The lowest BCUT2D eigenvalue weighted by Crippen LogP contribution is -2.26. The fraction of sp³-hybridized carbons (Fsp3) is 0.222. The molecule has 0 fully saturated rings. The van der Waals surface area contributed by atoms with Crippen molar-refractivity contribution in [3.05, 3.63) is 64.2 Å². The number of amides is 1. The molecule has 0 unspecified atom stereocenters. The molecular weight excluding hydrogens is 328 g/mol. The lowest BCUT2D eigenvalue weighted by Gasteiger charge is -2.19. The van der Waals surface area contributed by atoms with Crippen LogP contribution in [0.3, 0.4) is 0 Å². The molecule has 0 bridgehead atoms. The molecule has 0 heterocycles. The lowest BCUT2D eigenvalue weighted by molar-refractivity contribution is 0.0784. The van der Waals surface area contributed by atoms with Crippen molar-refractivity contribution in [3.8, 4) is 5.75 Å². The standard InChI is InChI=1S/C18H19ClN2O3/c1-21(12-15-10-16(19)8-9-17(15)23-2)18(22)14-6-4-13(5-7-14)11-20-24-3/h4-11H,12H2,1-3H3/b20-11+. The van der Waals surface area contributed by atoms with Crippen LogP contribution in [0.15, 0.2) is 47.6 Å². The van der Waals surface area contributed by atoms with Crippen LogP contribution in [0.25, 0.3) is 0 Å². The van der Waals surface area contributed by atoms with Crippen molar-refractivity contribution in [3.63, 3.8) is 0 Å². The molecule has 0 N–H and O–H groups in total. The summed E-state index contributed by atoms with van der Waals surface area (Å²) in [5.74, 6) is 0.609. The number of ether oxygens (including phenoxy) is 1. The molecule has 0 atom stereocenters. The van der Waals surface area contributed by atoms with E-state index in [2.05, 4.69) is 9.99 Å². The van der Waals surface area contributed by atoms with Crippen LogP contribution in [-0.4, -0.2) is 38.3 Å². The van der Waals surface area contributed by atoms with Crippen molar-refractivity contribution in [2.75, 3.05) is 21.3 Å². The Morgan fingerprint density at radius 1 is 1.21 bits per heavy atom. The van der Waals surface area contributed by atoms with Gasteiger partial charge < -0.3 is 14.5 Å². The van der Waals surface area contributed by atoms with E-state index in [1.54, 1.807) is 55.6 Å². The van der Waals surface area contributed by atoms with Crippen molar-refractivity contribution in [2.45, 2.75) is 6.54 Å². The zero-order valence-corrected chi connectivity index (χ0v) is 14.6.